The van der Waals surface area contributed by atoms with E-state index in [9.17, 15) is 23.9 Å². The van der Waals surface area contributed by atoms with E-state index in [0.717, 1.165) is 11.3 Å². The predicted molar refractivity (Wildman–Crippen MR) is 140 cm³/mol. The first kappa shape index (κ1) is 25.1. The van der Waals surface area contributed by atoms with E-state index in [1.807, 2.05) is 6.92 Å². The van der Waals surface area contributed by atoms with E-state index in [1.165, 1.54) is 42.3 Å². The molecule has 2 heterocycles. The summed E-state index contributed by atoms with van der Waals surface area (Å²) in [7, 11) is 1.26. The number of aliphatic hydroxyl groups excluding tert-OH is 1. The van der Waals surface area contributed by atoms with Crippen molar-refractivity contribution in [2.24, 2.45) is 0 Å². The third kappa shape index (κ3) is 4.39. The first-order valence-corrected chi connectivity index (χ1v) is 12.4. The van der Waals surface area contributed by atoms with Crippen molar-refractivity contribution < 1.29 is 33.4 Å². The molecule has 38 heavy (non-hydrogen) atoms. The van der Waals surface area contributed by atoms with Gasteiger partial charge in [0.15, 0.2) is 5.13 Å². The van der Waals surface area contributed by atoms with Gasteiger partial charge >= 0.3 is 11.9 Å². The molecule has 0 spiro atoms. The lowest BCUT2D eigenvalue weighted by Crippen LogP contribution is -2.29. The molecule has 1 aliphatic heterocycles. The Balaban J connectivity index is 1.70. The standard InChI is InChI=1S/C28H21FN2O6S/c1-3-37-19-6-4-5-17(13-19)24(32)22-23(15-7-9-16(10-8-15)27(35)36-2)31(26(34)25(22)33)28-30-20-12-11-18(29)14-21(20)38-28/h4-14,23,32H,3H2,1-2H3. The van der Waals surface area contributed by atoms with Gasteiger partial charge in [0.2, 0.25) is 0 Å². The molecular formula is C28H21FN2O6S. The van der Waals surface area contributed by atoms with Crippen molar-refractivity contribution in [1.29, 1.82) is 0 Å². The molecule has 1 fully saturated rings. The number of methoxy groups -OCH3 is 1. The minimum atomic E-state index is -1.07. The van der Waals surface area contributed by atoms with Crippen molar-refractivity contribution in [2.75, 3.05) is 18.6 Å². The highest BCUT2D eigenvalue weighted by molar-refractivity contribution is 7.22. The number of anilines is 1. The molecule has 1 N–H and O–H groups in total. The van der Waals surface area contributed by atoms with Crippen LogP contribution in [-0.4, -0.2) is 41.5 Å². The van der Waals surface area contributed by atoms with Gasteiger partial charge in [0.25, 0.3) is 5.78 Å². The molecule has 3 aromatic carbocycles. The van der Waals surface area contributed by atoms with Crippen LogP contribution in [0.1, 0.15) is 34.5 Å². The second-order valence-electron chi connectivity index (χ2n) is 8.35. The van der Waals surface area contributed by atoms with E-state index >= 15 is 0 Å². The Bertz CT molecular complexity index is 1610. The fourth-order valence-corrected chi connectivity index (χ4v) is 5.33. The molecule has 5 rings (SSSR count). The third-order valence-electron chi connectivity index (χ3n) is 6.06. The molecule has 4 aromatic rings. The molecule has 192 valence electrons. The average molecular weight is 533 g/mol. The van der Waals surface area contributed by atoms with Crippen LogP contribution in [0.3, 0.4) is 0 Å². The van der Waals surface area contributed by atoms with Crippen molar-refractivity contribution in [3.8, 4) is 5.75 Å². The molecule has 1 aliphatic rings. The van der Waals surface area contributed by atoms with Gasteiger partial charge in [-0.1, -0.05) is 35.6 Å². The minimum Gasteiger partial charge on any atom is -0.507 e. The number of thiazole rings is 1. The zero-order valence-electron chi connectivity index (χ0n) is 20.3. The number of Topliss-reactive ketones (excluding diaryl/α,β-unsaturated/α-hetero) is 1. The number of amides is 1. The van der Waals surface area contributed by atoms with E-state index in [1.54, 1.807) is 36.4 Å². The number of esters is 1. The molecule has 0 bridgehead atoms. The molecule has 1 unspecified atom stereocenters. The maximum Gasteiger partial charge on any atom is 0.337 e. The number of ketones is 1. The zero-order chi connectivity index (χ0) is 27.0. The lowest BCUT2D eigenvalue weighted by molar-refractivity contribution is -0.132. The molecule has 1 saturated heterocycles. The first-order valence-electron chi connectivity index (χ1n) is 11.6. The molecule has 0 saturated carbocycles. The molecule has 8 nitrogen and oxygen atoms in total. The fourth-order valence-electron chi connectivity index (χ4n) is 4.31. The van der Waals surface area contributed by atoms with Gasteiger partial charge < -0.3 is 14.6 Å². The molecule has 1 aromatic heterocycles. The Labute approximate surface area is 220 Å². The second kappa shape index (κ2) is 10.1. The first-order chi connectivity index (χ1) is 18.3. The van der Waals surface area contributed by atoms with Crippen molar-refractivity contribution in [2.45, 2.75) is 13.0 Å². The van der Waals surface area contributed by atoms with Gasteiger partial charge in [-0.2, -0.15) is 0 Å². The van der Waals surface area contributed by atoms with Gasteiger partial charge in [-0.15, -0.1) is 0 Å². The van der Waals surface area contributed by atoms with Gasteiger partial charge in [-0.25, -0.2) is 14.2 Å². The average Bonchev–Trinajstić information content (AvgIpc) is 3.45. The van der Waals surface area contributed by atoms with E-state index in [4.69, 9.17) is 9.47 Å². The molecule has 0 radical (unpaired) electrons. The quantitative estimate of drug-likeness (QED) is 0.157. The molecule has 0 aliphatic carbocycles. The lowest BCUT2D eigenvalue weighted by Gasteiger charge is -2.23. The summed E-state index contributed by atoms with van der Waals surface area (Å²) in [5.74, 6) is -2.71. The van der Waals surface area contributed by atoms with Crippen molar-refractivity contribution in [3.05, 3.63) is 94.8 Å². The normalized spacial score (nSPS) is 16.7. The van der Waals surface area contributed by atoms with Gasteiger partial charge in [0.1, 0.15) is 17.3 Å². The third-order valence-corrected chi connectivity index (χ3v) is 7.07. The highest BCUT2D eigenvalue weighted by atomic mass is 32.1. The highest BCUT2D eigenvalue weighted by Crippen LogP contribution is 2.44. The van der Waals surface area contributed by atoms with Crippen LogP contribution in [0, 0.1) is 5.82 Å². The Morgan fingerprint density at radius 3 is 2.55 bits per heavy atom. The van der Waals surface area contributed by atoms with Gasteiger partial charge in [-0.05, 0) is 55.0 Å². The SMILES string of the molecule is CCOc1cccc(C(O)=C2C(=O)C(=O)N(c3nc4ccc(F)cc4s3)C2c2ccc(C(=O)OC)cc2)c1. The van der Waals surface area contributed by atoms with Gasteiger partial charge in [0, 0.05) is 5.56 Å². The van der Waals surface area contributed by atoms with E-state index in [0.29, 0.717) is 28.1 Å². The van der Waals surface area contributed by atoms with Crippen molar-refractivity contribution >= 4 is 50.1 Å². The number of aromatic nitrogens is 1. The largest absolute Gasteiger partial charge is 0.507 e. The number of halogens is 1. The highest BCUT2D eigenvalue weighted by Gasteiger charge is 2.48. The van der Waals surface area contributed by atoms with Crippen LogP contribution in [0.15, 0.2) is 72.3 Å². The Morgan fingerprint density at radius 1 is 1.08 bits per heavy atom. The van der Waals surface area contributed by atoms with E-state index in [2.05, 4.69) is 4.98 Å². The topological polar surface area (TPSA) is 106 Å². The van der Waals surface area contributed by atoms with Crippen LogP contribution in [0.25, 0.3) is 16.0 Å². The van der Waals surface area contributed by atoms with Crippen LogP contribution < -0.4 is 9.64 Å². The van der Waals surface area contributed by atoms with Crippen LogP contribution in [-0.2, 0) is 14.3 Å². The molecule has 10 heteroatoms. The second-order valence-corrected chi connectivity index (χ2v) is 9.36. The summed E-state index contributed by atoms with van der Waals surface area (Å²) in [4.78, 5) is 44.4. The number of fused-ring (bicyclic) bond motifs is 1. The monoisotopic (exact) mass is 532 g/mol. The fraction of sp³-hybridized carbons (Fsp3) is 0.143. The Morgan fingerprint density at radius 2 is 1.84 bits per heavy atom. The summed E-state index contributed by atoms with van der Waals surface area (Å²) in [5.41, 5.74) is 1.31. The summed E-state index contributed by atoms with van der Waals surface area (Å²) in [6.45, 7) is 2.22. The maximum atomic E-state index is 13.8. The number of hydrogen-bond acceptors (Lipinski definition) is 8. The summed E-state index contributed by atoms with van der Waals surface area (Å²) < 4.78 is 24.6. The lowest BCUT2D eigenvalue weighted by atomic mass is 9.94. The van der Waals surface area contributed by atoms with Crippen LogP contribution in [0.4, 0.5) is 9.52 Å². The molecule has 1 atom stereocenters. The maximum absolute atomic E-state index is 13.8. The molecular weight excluding hydrogens is 511 g/mol. The number of aliphatic hydroxyl groups is 1. The number of nitrogens with zero attached hydrogens (tertiary/aromatic N) is 2. The number of benzene rings is 3. The van der Waals surface area contributed by atoms with Crippen LogP contribution >= 0.6 is 11.3 Å². The van der Waals surface area contributed by atoms with Crippen molar-refractivity contribution in [1.82, 2.24) is 4.98 Å². The Hall–Kier alpha value is -4.57. The summed E-state index contributed by atoms with van der Waals surface area (Å²) in [5, 5.41) is 11.5. The number of carbonyl (C=O) groups is 3. The number of rotatable bonds is 6. The molecule has 1 amide bonds. The van der Waals surface area contributed by atoms with Gasteiger partial charge in [-0.3, -0.25) is 14.5 Å². The summed E-state index contributed by atoms with van der Waals surface area (Å²) in [6.07, 6.45) is 0. The Kier molecular flexibility index (Phi) is 6.64. The van der Waals surface area contributed by atoms with Crippen LogP contribution in [0.2, 0.25) is 0 Å². The van der Waals surface area contributed by atoms with E-state index in [-0.39, 0.29) is 27.6 Å². The minimum absolute atomic E-state index is 0.153. The number of hydrogen-bond donors (Lipinski definition) is 1. The number of carbonyl (C=O) groups excluding carboxylic acids is 3. The summed E-state index contributed by atoms with van der Waals surface area (Å²) >= 11 is 1.05. The predicted octanol–water partition coefficient (Wildman–Crippen LogP) is 5.25. The van der Waals surface area contributed by atoms with E-state index < -0.39 is 29.5 Å². The van der Waals surface area contributed by atoms with Crippen molar-refractivity contribution in [3.63, 3.8) is 0 Å². The van der Waals surface area contributed by atoms with Crippen LogP contribution in [0.5, 0.6) is 5.75 Å². The summed E-state index contributed by atoms with van der Waals surface area (Å²) in [6, 6.07) is 15.7. The smallest absolute Gasteiger partial charge is 0.337 e. The number of ether oxygens (including phenoxy) is 2. The van der Waals surface area contributed by atoms with Gasteiger partial charge in [0.05, 0.1) is 41.1 Å². The zero-order valence-corrected chi connectivity index (χ0v) is 21.1.